The number of hydrogen-bond acceptors (Lipinski definition) is 6. The second-order valence-corrected chi connectivity index (χ2v) is 8.29. The Hall–Kier alpha value is -1.51. The Morgan fingerprint density at radius 1 is 1.33 bits per heavy atom. The van der Waals surface area contributed by atoms with Gasteiger partial charge in [0.2, 0.25) is 0 Å². The van der Waals surface area contributed by atoms with Crippen molar-refractivity contribution >= 4 is 37.0 Å². The molecule has 112 valence electrons. The third-order valence-electron chi connectivity index (χ3n) is 2.65. The highest BCUT2D eigenvalue weighted by Gasteiger charge is 2.15. The molecule has 0 spiro atoms. The largest absolute Gasteiger partial charge is 0.347 e. The van der Waals surface area contributed by atoms with Crippen LogP contribution in [-0.2, 0) is 15.6 Å². The summed E-state index contributed by atoms with van der Waals surface area (Å²) in [5, 5.41) is 10.5. The van der Waals surface area contributed by atoms with E-state index in [1.165, 1.54) is 6.07 Å². The van der Waals surface area contributed by atoms with E-state index in [9.17, 15) is 13.2 Å². The van der Waals surface area contributed by atoms with E-state index in [-0.39, 0.29) is 16.7 Å². The van der Waals surface area contributed by atoms with Crippen molar-refractivity contribution in [2.75, 3.05) is 0 Å². The minimum atomic E-state index is -3.73. The van der Waals surface area contributed by atoms with Gasteiger partial charge in [-0.15, -0.1) is 11.3 Å². The normalized spacial score (nSPS) is 11.4. The van der Waals surface area contributed by atoms with Crippen molar-refractivity contribution in [3.8, 4) is 0 Å². The molecule has 0 aliphatic rings. The number of rotatable bonds is 4. The van der Waals surface area contributed by atoms with Crippen molar-refractivity contribution in [2.24, 2.45) is 0 Å². The molecule has 0 bridgehead atoms. The summed E-state index contributed by atoms with van der Waals surface area (Å²) in [4.78, 5) is 12.8. The number of thiophene rings is 1. The molecule has 2 aromatic rings. The number of nitrogens with one attached hydrogen (secondary N) is 1. The molecule has 0 aliphatic carbocycles. The first-order chi connectivity index (χ1) is 9.77. The van der Waals surface area contributed by atoms with Crippen LogP contribution in [-0.4, -0.2) is 24.5 Å². The van der Waals surface area contributed by atoms with Crippen LogP contribution in [0.5, 0.6) is 0 Å². The third kappa shape index (κ3) is 3.99. The topological polar surface area (TPSA) is 89.0 Å². The fraction of sp³-hybridized carbons (Fsp3) is 0.250. The van der Waals surface area contributed by atoms with Gasteiger partial charge in [0, 0.05) is 15.6 Å². The average molecular weight is 346 g/mol. The molecule has 2 rings (SSSR count). The summed E-state index contributed by atoms with van der Waals surface area (Å²) in [7, 11) is 1.52. The Labute approximate surface area is 130 Å². The van der Waals surface area contributed by atoms with E-state index in [1.54, 1.807) is 26.0 Å². The second-order valence-electron chi connectivity index (χ2n) is 4.33. The summed E-state index contributed by atoms with van der Waals surface area (Å²) in [5.41, 5.74) is 1.63. The third-order valence-corrected chi connectivity index (χ3v) is 5.82. The molecule has 0 aliphatic heterocycles. The lowest BCUT2D eigenvalue weighted by Gasteiger charge is -2.06. The maximum atomic E-state index is 12.1. The number of nitrogens with zero attached hydrogens (tertiary/aromatic N) is 2. The summed E-state index contributed by atoms with van der Waals surface area (Å²) in [6.45, 7) is 3.67. The van der Waals surface area contributed by atoms with Gasteiger partial charge in [-0.25, -0.2) is 8.42 Å². The molecule has 0 saturated heterocycles. The molecule has 21 heavy (non-hydrogen) atoms. The molecule has 0 fully saturated rings. The Balaban J connectivity index is 2.08. The number of amides is 1. The zero-order chi connectivity index (χ0) is 15.6. The van der Waals surface area contributed by atoms with Crippen LogP contribution in [0.15, 0.2) is 22.4 Å². The van der Waals surface area contributed by atoms with E-state index < -0.39 is 9.05 Å². The quantitative estimate of drug-likeness (QED) is 0.856. The fourth-order valence-electron chi connectivity index (χ4n) is 1.63. The van der Waals surface area contributed by atoms with Gasteiger partial charge in [0.05, 0.1) is 23.5 Å². The molecule has 0 saturated carbocycles. The molecule has 0 unspecified atom stereocenters. The highest BCUT2D eigenvalue weighted by Crippen LogP contribution is 2.24. The minimum Gasteiger partial charge on any atom is -0.347 e. The van der Waals surface area contributed by atoms with E-state index in [1.807, 2.05) is 0 Å². The van der Waals surface area contributed by atoms with E-state index in [4.69, 9.17) is 10.7 Å². The summed E-state index contributed by atoms with van der Waals surface area (Å²) >= 11 is 1.02. The van der Waals surface area contributed by atoms with Crippen LogP contribution in [0.1, 0.15) is 26.6 Å². The Kier molecular flexibility index (Phi) is 4.60. The van der Waals surface area contributed by atoms with Crippen LogP contribution in [0.3, 0.4) is 0 Å². The molecule has 0 atom stereocenters. The zero-order valence-electron chi connectivity index (χ0n) is 11.3. The monoisotopic (exact) mass is 345 g/mol. The second kappa shape index (κ2) is 6.08. The molecule has 9 heteroatoms. The molecule has 6 nitrogen and oxygen atoms in total. The highest BCUT2D eigenvalue weighted by atomic mass is 35.7. The number of hydrogen-bond donors (Lipinski definition) is 1. The summed E-state index contributed by atoms with van der Waals surface area (Å²) in [5.74, 6) is -0.283. The molecule has 2 aromatic heterocycles. The molecular weight excluding hydrogens is 334 g/mol. The average Bonchev–Trinajstić information content (AvgIpc) is 2.87. The first kappa shape index (κ1) is 15.9. The van der Waals surface area contributed by atoms with Crippen LogP contribution >= 0.6 is 22.0 Å². The number of halogens is 1. The Morgan fingerprint density at radius 3 is 2.67 bits per heavy atom. The fourth-order valence-corrected chi connectivity index (χ4v) is 3.69. The Morgan fingerprint density at radius 2 is 2.05 bits per heavy atom. The minimum absolute atomic E-state index is 0.0611. The van der Waals surface area contributed by atoms with E-state index >= 15 is 0 Å². The van der Waals surface area contributed by atoms with Gasteiger partial charge < -0.3 is 5.32 Å². The Bertz CT molecular complexity index is 787. The first-order valence-electron chi connectivity index (χ1n) is 5.90. The lowest BCUT2D eigenvalue weighted by molar-refractivity contribution is 0.0950. The van der Waals surface area contributed by atoms with Crippen LogP contribution in [0.25, 0.3) is 0 Å². The standard InChI is InChI=1S/C12H12ClN3O3S2/c1-7-5-10(8(2)16-15-7)12(17)14-6-9-3-4-11(20-9)21(13,18)19/h3-5H,6H2,1-2H3,(H,14,17). The van der Waals surface area contributed by atoms with Crippen molar-refractivity contribution in [3.05, 3.63) is 40.0 Å². The molecule has 1 N–H and O–H groups in total. The van der Waals surface area contributed by atoms with Crippen LogP contribution in [0, 0.1) is 13.8 Å². The van der Waals surface area contributed by atoms with E-state index in [2.05, 4.69) is 15.5 Å². The molecule has 1 amide bonds. The van der Waals surface area contributed by atoms with Crippen molar-refractivity contribution in [3.63, 3.8) is 0 Å². The van der Waals surface area contributed by atoms with Gasteiger partial charge in [0.15, 0.2) is 0 Å². The van der Waals surface area contributed by atoms with Gasteiger partial charge >= 0.3 is 0 Å². The van der Waals surface area contributed by atoms with Crippen molar-refractivity contribution < 1.29 is 13.2 Å². The van der Waals surface area contributed by atoms with Gasteiger partial charge in [-0.05, 0) is 32.0 Å². The maximum absolute atomic E-state index is 12.1. The summed E-state index contributed by atoms with van der Waals surface area (Å²) in [6.07, 6.45) is 0. The maximum Gasteiger partial charge on any atom is 0.270 e. The number of carbonyl (C=O) groups excluding carboxylic acids is 1. The number of aromatic nitrogens is 2. The molecule has 0 radical (unpaired) electrons. The molecule has 2 heterocycles. The lowest BCUT2D eigenvalue weighted by atomic mass is 10.2. The van der Waals surface area contributed by atoms with Gasteiger partial charge in [0.1, 0.15) is 4.21 Å². The van der Waals surface area contributed by atoms with Crippen molar-refractivity contribution in [2.45, 2.75) is 24.6 Å². The van der Waals surface area contributed by atoms with E-state index in [0.29, 0.717) is 21.8 Å². The van der Waals surface area contributed by atoms with Crippen molar-refractivity contribution in [1.82, 2.24) is 15.5 Å². The zero-order valence-corrected chi connectivity index (χ0v) is 13.6. The van der Waals surface area contributed by atoms with Gasteiger partial charge in [0.25, 0.3) is 15.0 Å². The van der Waals surface area contributed by atoms with Gasteiger partial charge in [-0.2, -0.15) is 10.2 Å². The SMILES string of the molecule is Cc1cc(C(=O)NCc2ccc(S(=O)(=O)Cl)s2)c(C)nn1. The predicted molar refractivity (Wildman–Crippen MR) is 80.0 cm³/mol. The lowest BCUT2D eigenvalue weighted by Crippen LogP contribution is -2.24. The van der Waals surface area contributed by atoms with Crippen LogP contribution in [0.4, 0.5) is 0 Å². The first-order valence-corrected chi connectivity index (χ1v) is 9.02. The summed E-state index contributed by atoms with van der Waals surface area (Å²) < 4.78 is 22.4. The predicted octanol–water partition coefficient (Wildman–Crippen LogP) is 2.01. The number of carbonyl (C=O) groups is 1. The molecular formula is C12H12ClN3O3S2. The van der Waals surface area contributed by atoms with E-state index in [0.717, 1.165) is 11.3 Å². The van der Waals surface area contributed by atoms with Gasteiger partial charge in [-0.1, -0.05) is 0 Å². The highest BCUT2D eigenvalue weighted by molar-refractivity contribution is 8.15. The number of aryl methyl sites for hydroxylation is 2. The van der Waals surface area contributed by atoms with Crippen molar-refractivity contribution in [1.29, 1.82) is 0 Å². The van der Waals surface area contributed by atoms with Crippen LogP contribution < -0.4 is 5.32 Å². The summed E-state index contributed by atoms with van der Waals surface area (Å²) in [6, 6.07) is 4.68. The molecule has 0 aromatic carbocycles. The van der Waals surface area contributed by atoms with Gasteiger partial charge in [-0.3, -0.25) is 4.79 Å². The van der Waals surface area contributed by atoms with Crippen LogP contribution in [0.2, 0.25) is 0 Å². The smallest absolute Gasteiger partial charge is 0.270 e.